The second-order valence-corrected chi connectivity index (χ2v) is 6.19. The third kappa shape index (κ3) is 3.11. The Hall–Kier alpha value is -2.23. The van der Waals surface area contributed by atoms with Crippen LogP contribution in [0.1, 0.15) is 48.4 Å². The molecule has 2 aromatic rings. The molecule has 0 aliphatic carbocycles. The molecule has 3 nitrogen and oxygen atoms in total. The van der Waals surface area contributed by atoms with Crippen molar-refractivity contribution in [2.75, 3.05) is 0 Å². The minimum Gasteiger partial charge on any atom is -0.258 e. The van der Waals surface area contributed by atoms with Crippen LogP contribution in [0, 0.1) is 36.7 Å². The van der Waals surface area contributed by atoms with Crippen molar-refractivity contribution in [3.8, 4) is 11.1 Å². The van der Waals surface area contributed by atoms with Crippen molar-refractivity contribution in [2.45, 2.75) is 47.0 Å². The summed E-state index contributed by atoms with van der Waals surface area (Å²) in [6.07, 6.45) is 1.01. The molecular formula is C19H22FNO2. The number of hydrogen-bond donors (Lipinski definition) is 0. The molecule has 0 saturated carbocycles. The Bertz CT molecular complexity index is 745. The molecule has 0 aliphatic heterocycles. The van der Waals surface area contributed by atoms with Crippen LogP contribution in [0.25, 0.3) is 11.1 Å². The number of hydrogen-bond acceptors (Lipinski definition) is 2. The Morgan fingerprint density at radius 2 is 1.65 bits per heavy atom. The van der Waals surface area contributed by atoms with Gasteiger partial charge in [-0.25, -0.2) is 4.39 Å². The van der Waals surface area contributed by atoms with Gasteiger partial charge in [0.05, 0.1) is 10.5 Å². The molecule has 0 aliphatic rings. The number of benzene rings is 2. The average molecular weight is 315 g/mol. The normalized spacial score (nSPS) is 12.3. The lowest BCUT2D eigenvalue weighted by atomic mass is 9.87. The summed E-state index contributed by atoms with van der Waals surface area (Å²) in [6.45, 7) is 9.66. The lowest BCUT2D eigenvalue weighted by molar-refractivity contribution is -0.384. The highest BCUT2D eigenvalue weighted by molar-refractivity contribution is 5.80. The van der Waals surface area contributed by atoms with Gasteiger partial charge in [-0.15, -0.1) is 0 Å². The monoisotopic (exact) mass is 315 g/mol. The van der Waals surface area contributed by atoms with Crippen molar-refractivity contribution in [1.29, 1.82) is 0 Å². The second-order valence-electron chi connectivity index (χ2n) is 6.19. The molecule has 0 radical (unpaired) electrons. The Morgan fingerprint density at radius 1 is 1.09 bits per heavy atom. The molecule has 2 aromatic carbocycles. The number of halogens is 1. The van der Waals surface area contributed by atoms with E-state index in [0.717, 1.165) is 17.5 Å². The van der Waals surface area contributed by atoms with Gasteiger partial charge in [0.1, 0.15) is 5.82 Å². The zero-order chi connectivity index (χ0) is 17.3. The van der Waals surface area contributed by atoms with Crippen LogP contribution >= 0.6 is 0 Å². The van der Waals surface area contributed by atoms with Crippen LogP contribution in [0.4, 0.5) is 10.1 Å². The lowest BCUT2D eigenvalue weighted by Gasteiger charge is -2.17. The fraction of sp³-hybridized carbons (Fsp3) is 0.368. The molecule has 122 valence electrons. The summed E-state index contributed by atoms with van der Waals surface area (Å²) in [5, 5.41) is 11.3. The van der Waals surface area contributed by atoms with E-state index in [-0.39, 0.29) is 11.3 Å². The molecule has 1 unspecified atom stereocenters. The summed E-state index contributed by atoms with van der Waals surface area (Å²) in [4.78, 5) is 10.8. The van der Waals surface area contributed by atoms with E-state index in [1.165, 1.54) is 17.7 Å². The predicted molar refractivity (Wildman–Crippen MR) is 91.4 cm³/mol. The first-order valence-corrected chi connectivity index (χ1v) is 7.82. The molecule has 0 saturated heterocycles. The Balaban J connectivity index is 2.78. The molecule has 0 aromatic heterocycles. The van der Waals surface area contributed by atoms with Gasteiger partial charge in [-0.1, -0.05) is 26.0 Å². The minimum absolute atomic E-state index is 0.0979. The molecular weight excluding hydrogens is 293 g/mol. The maximum absolute atomic E-state index is 14.7. The highest BCUT2D eigenvalue weighted by Crippen LogP contribution is 2.39. The van der Waals surface area contributed by atoms with Crippen molar-refractivity contribution in [3.05, 3.63) is 62.5 Å². The highest BCUT2D eigenvalue weighted by Gasteiger charge is 2.24. The SMILES string of the molecule is CCC(C)c1cc(C)c(-c2c([N+](=O)[O-])ccc(C)c2F)c(C)c1. The van der Waals surface area contributed by atoms with Gasteiger partial charge in [0.25, 0.3) is 5.69 Å². The first-order valence-electron chi connectivity index (χ1n) is 7.82. The van der Waals surface area contributed by atoms with Gasteiger partial charge >= 0.3 is 0 Å². The van der Waals surface area contributed by atoms with Gasteiger partial charge in [0, 0.05) is 6.07 Å². The van der Waals surface area contributed by atoms with E-state index < -0.39 is 10.7 Å². The summed E-state index contributed by atoms with van der Waals surface area (Å²) in [7, 11) is 0. The van der Waals surface area contributed by atoms with Crippen molar-refractivity contribution in [3.63, 3.8) is 0 Å². The largest absolute Gasteiger partial charge is 0.280 e. The molecule has 0 N–H and O–H groups in total. The summed E-state index contributed by atoms with van der Waals surface area (Å²) in [5.41, 5.74) is 3.87. The van der Waals surface area contributed by atoms with E-state index in [0.29, 0.717) is 17.0 Å². The quantitative estimate of drug-likeness (QED) is 0.525. The maximum atomic E-state index is 14.7. The molecule has 23 heavy (non-hydrogen) atoms. The number of nitro benzene ring substituents is 1. The smallest absolute Gasteiger partial charge is 0.258 e. The topological polar surface area (TPSA) is 43.1 Å². The third-order valence-electron chi connectivity index (χ3n) is 4.50. The lowest BCUT2D eigenvalue weighted by Crippen LogP contribution is -2.02. The zero-order valence-electron chi connectivity index (χ0n) is 14.2. The van der Waals surface area contributed by atoms with E-state index >= 15 is 0 Å². The van der Waals surface area contributed by atoms with Crippen molar-refractivity contribution < 1.29 is 9.31 Å². The van der Waals surface area contributed by atoms with E-state index in [2.05, 4.69) is 13.8 Å². The van der Waals surface area contributed by atoms with Gasteiger partial charge in [0.15, 0.2) is 0 Å². The minimum atomic E-state index is -0.515. The summed E-state index contributed by atoms with van der Waals surface area (Å²) < 4.78 is 14.7. The fourth-order valence-corrected chi connectivity index (χ4v) is 2.97. The molecule has 0 fully saturated rings. The van der Waals surface area contributed by atoms with Crippen LogP contribution in [0.3, 0.4) is 0 Å². The van der Waals surface area contributed by atoms with Crippen molar-refractivity contribution >= 4 is 5.69 Å². The van der Waals surface area contributed by atoms with E-state index in [1.54, 1.807) is 6.92 Å². The Morgan fingerprint density at radius 3 is 2.13 bits per heavy atom. The summed E-state index contributed by atoms with van der Waals surface area (Å²) in [5.74, 6) is -0.111. The molecule has 2 rings (SSSR count). The number of nitrogens with zero attached hydrogens (tertiary/aromatic N) is 1. The van der Waals surface area contributed by atoms with Crippen LogP contribution in [0.2, 0.25) is 0 Å². The van der Waals surface area contributed by atoms with Crippen LogP contribution in [-0.4, -0.2) is 4.92 Å². The first kappa shape index (κ1) is 17.1. The van der Waals surface area contributed by atoms with Crippen LogP contribution in [-0.2, 0) is 0 Å². The van der Waals surface area contributed by atoms with Crippen LogP contribution < -0.4 is 0 Å². The van der Waals surface area contributed by atoms with E-state index in [4.69, 9.17) is 0 Å². The molecule has 0 amide bonds. The average Bonchev–Trinajstić information content (AvgIpc) is 2.49. The number of aryl methyl sites for hydroxylation is 3. The molecule has 4 heteroatoms. The van der Waals surface area contributed by atoms with Crippen molar-refractivity contribution in [2.24, 2.45) is 0 Å². The first-order chi connectivity index (χ1) is 10.8. The van der Waals surface area contributed by atoms with Gasteiger partial charge in [-0.3, -0.25) is 10.1 Å². The molecule has 0 spiro atoms. The molecule has 1 atom stereocenters. The zero-order valence-corrected chi connectivity index (χ0v) is 14.2. The molecule has 0 heterocycles. The van der Waals surface area contributed by atoms with Gasteiger partial charge < -0.3 is 0 Å². The van der Waals surface area contributed by atoms with E-state index in [9.17, 15) is 14.5 Å². The Labute approximate surface area is 136 Å². The number of rotatable bonds is 4. The summed E-state index contributed by atoms with van der Waals surface area (Å²) >= 11 is 0. The van der Waals surface area contributed by atoms with Crippen LogP contribution in [0.15, 0.2) is 24.3 Å². The van der Waals surface area contributed by atoms with Gasteiger partial charge in [-0.05, 0) is 67.0 Å². The fourth-order valence-electron chi connectivity index (χ4n) is 2.97. The standard InChI is InChI=1S/C19H22FNO2/c1-6-11(2)15-9-13(4)17(14(5)10-15)18-16(21(22)23)8-7-12(3)19(18)20/h7-11H,6H2,1-5H3. The van der Waals surface area contributed by atoms with Crippen LogP contribution in [0.5, 0.6) is 0 Å². The second kappa shape index (κ2) is 6.49. The van der Waals surface area contributed by atoms with Gasteiger partial charge in [0.2, 0.25) is 0 Å². The molecule has 0 bridgehead atoms. The van der Waals surface area contributed by atoms with E-state index in [1.807, 2.05) is 26.0 Å². The van der Waals surface area contributed by atoms with Crippen molar-refractivity contribution in [1.82, 2.24) is 0 Å². The van der Waals surface area contributed by atoms with Gasteiger partial charge in [-0.2, -0.15) is 0 Å². The maximum Gasteiger partial charge on any atom is 0.280 e. The third-order valence-corrected chi connectivity index (χ3v) is 4.50. The summed E-state index contributed by atoms with van der Waals surface area (Å²) in [6, 6.07) is 6.87. The highest BCUT2D eigenvalue weighted by atomic mass is 19.1. The number of nitro groups is 1. The Kier molecular flexibility index (Phi) is 4.83. The predicted octanol–water partition coefficient (Wildman–Crippen LogP) is 5.84.